The van der Waals surface area contributed by atoms with E-state index in [9.17, 15) is 9.59 Å². The first-order chi connectivity index (χ1) is 11.6. The summed E-state index contributed by atoms with van der Waals surface area (Å²) in [6.45, 7) is 0. The lowest BCUT2D eigenvalue weighted by atomic mass is 10.1. The average molecular weight is 338 g/mol. The summed E-state index contributed by atoms with van der Waals surface area (Å²) in [6.07, 6.45) is 2.60. The lowest BCUT2D eigenvalue weighted by Crippen LogP contribution is -2.14. The zero-order chi connectivity index (χ0) is 16.7. The van der Waals surface area contributed by atoms with Crippen LogP contribution in [-0.4, -0.2) is 21.4 Å². The first-order valence-electron chi connectivity index (χ1n) is 7.60. The van der Waals surface area contributed by atoms with Gasteiger partial charge in [-0.3, -0.25) is 4.79 Å². The lowest BCUT2D eigenvalue weighted by molar-refractivity contribution is -0.117. The van der Waals surface area contributed by atoms with E-state index in [1.54, 1.807) is 24.3 Å². The van der Waals surface area contributed by atoms with Crippen molar-refractivity contribution in [3.63, 3.8) is 0 Å². The predicted molar refractivity (Wildman–Crippen MR) is 92.5 cm³/mol. The number of carboxylic acid groups (broad SMARTS) is 1. The van der Waals surface area contributed by atoms with Crippen LogP contribution in [0, 0.1) is 5.92 Å². The fourth-order valence-electron chi connectivity index (χ4n) is 2.90. The van der Waals surface area contributed by atoms with Crippen LogP contribution in [0.25, 0.3) is 10.1 Å². The summed E-state index contributed by atoms with van der Waals surface area (Å²) in [6, 6.07) is 12.5. The van der Waals surface area contributed by atoms with Crippen molar-refractivity contribution in [1.29, 1.82) is 0 Å². The highest BCUT2D eigenvalue weighted by Crippen LogP contribution is 2.48. The van der Waals surface area contributed by atoms with Gasteiger partial charge in [-0.15, -0.1) is 0 Å². The maximum absolute atomic E-state index is 12.4. The van der Waals surface area contributed by atoms with E-state index in [4.69, 9.17) is 5.11 Å². The number of aromatic nitrogens is 1. The third-order valence-corrected chi connectivity index (χ3v) is 5.10. The Labute approximate surface area is 142 Å². The second-order valence-corrected chi connectivity index (χ2v) is 6.78. The van der Waals surface area contributed by atoms with E-state index in [1.807, 2.05) is 24.4 Å². The minimum atomic E-state index is -0.940. The number of nitrogens with zero attached hydrogens (tertiary/aromatic N) is 1. The number of anilines is 1. The number of nitrogens with one attached hydrogen (secondary N) is 1. The molecule has 2 N–H and O–H groups in total. The highest BCUT2D eigenvalue weighted by Gasteiger charge is 2.43. The van der Waals surface area contributed by atoms with Crippen molar-refractivity contribution < 1.29 is 14.7 Å². The zero-order valence-electron chi connectivity index (χ0n) is 12.6. The van der Waals surface area contributed by atoms with Crippen molar-refractivity contribution >= 4 is 39.2 Å². The molecular weight excluding hydrogens is 324 g/mol. The van der Waals surface area contributed by atoms with Gasteiger partial charge < -0.3 is 10.4 Å². The zero-order valence-corrected chi connectivity index (χ0v) is 13.4. The Bertz CT molecular complexity index is 933. The molecule has 24 heavy (non-hydrogen) atoms. The van der Waals surface area contributed by atoms with Crippen LogP contribution in [-0.2, 0) is 4.79 Å². The van der Waals surface area contributed by atoms with Crippen molar-refractivity contribution in [2.75, 3.05) is 5.32 Å². The molecule has 0 radical (unpaired) electrons. The molecule has 0 saturated heterocycles. The standard InChI is InChI=1S/C18H14N2O3S/c21-17(20-13-6-5-12-9-19-24-16(12)7-13)15-8-14(15)10-1-3-11(4-2-10)18(22)23/h1-7,9,14-15H,8H2,(H,20,21)(H,22,23)/t14-,15+/m0/s1. The van der Waals surface area contributed by atoms with Crippen LogP contribution in [0.15, 0.2) is 48.7 Å². The molecule has 5 nitrogen and oxygen atoms in total. The van der Waals surface area contributed by atoms with E-state index < -0.39 is 5.97 Å². The van der Waals surface area contributed by atoms with Gasteiger partial charge in [-0.25, -0.2) is 4.79 Å². The van der Waals surface area contributed by atoms with Gasteiger partial charge in [0.1, 0.15) is 0 Å². The van der Waals surface area contributed by atoms with E-state index in [-0.39, 0.29) is 23.3 Å². The van der Waals surface area contributed by atoms with Crippen molar-refractivity contribution in [2.45, 2.75) is 12.3 Å². The van der Waals surface area contributed by atoms with Crippen LogP contribution in [0.1, 0.15) is 28.3 Å². The third kappa shape index (κ3) is 2.76. The number of rotatable bonds is 4. The Hall–Kier alpha value is -2.73. The van der Waals surface area contributed by atoms with Gasteiger partial charge in [0, 0.05) is 23.2 Å². The van der Waals surface area contributed by atoms with Gasteiger partial charge in [-0.1, -0.05) is 12.1 Å². The van der Waals surface area contributed by atoms with Gasteiger partial charge in [-0.05, 0) is 59.8 Å². The van der Waals surface area contributed by atoms with Crippen molar-refractivity contribution in [1.82, 2.24) is 4.37 Å². The number of fused-ring (bicyclic) bond motifs is 1. The molecule has 1 aliphatic carbocycles. The number of carbonyl (C=O) groups excluding carboxylic acids is 1. The summed E-state index contributed by atoms with van der Waals surface area (Å²) in [7, 11) is 0. The number of carboxylic acids is 1. The van der Waals surface area contributed by atoms with Crippen LogP contribution in [0.3, 0.4) is 0 Å². The fourth-order valence-corrected chi connectivity index (χ4v) is 3.58. The van der Waals surface area contributed by atoms with Gasteiger partial charge in [-0.2, -0.15) is 4.37 Å². The average Bonchev–Trinajstić information content (AvgIpc) is 3.25. The Morgan fingerprint density at radius 2 is 1.96 bits per heavy atom. The quantitative estimate of drug-likeness (QED) is 0.759. The van der Waals surface area contributed by atoms with E-state index in [0.29, 0.717) is 0 Å². The molecule has 0 unspecified atom stereocenters. The molecule has 0 bridgehead atoms. The van der Waals surface area contributed by atoms with Crippen LogP contribution >= 0.6 is 11.5 Å². The molecule has 2 atom stereocenters. The van der Waals surface area contributed by atoms with Crippen LogP contribution < -0.4 is 5.32 Å². The number of amides is 1. The summed E-state index contributed by atoms with van der Waals surface area (Å²) >= 11 is 1.40. The molecule has 2 aromatic carbocycles. The molecule has 1 heterocycles. The Kier molecular flexibility index (Phi) is 3.54. The van der Waals surface area contributed by atoms with Crippen LogP contribution in [0.2, 0.25) is 0 Å². The molecule has 1 aliphatic rings. The molecule has 6 heteroatoms. The predicted octanol–water partition coefficient (Wildman–Crippen LogP) is 3.74. The SMILES string of the molecule is O=C(O)c1ccc([C@@H]2C[C@H]2C(=O)Nc2ccc3cnsc3c2)cc1. The largest absolute Gasteiger partial charge is 0.478 e. The summed E-state index contributed by atoms with van der Waals surface area (Å²) in [5.41, 5.74) is 2.06. The van der Waals surface area contributed by atoms with Crippen molar-refractivity contribution in [3.8, 4) is 0 Å². The van der Waals surface area contributed by atoms with Gasteiger partial charge in [0.2, 0.25) is 5.91 Å². The Balaban J connectivity index is 1.43. The maximum atomic E-state index is 12.4. The topological polar surface area (TPSA) is 79.3 Å². The van der Waals surface area contributed by atoms with Gasteiger partial charge in [0.05, 0.1) is 10.3 Å². The second kappa shape index (κ2) is 5.72. The molecule has 0 aliphatic heterocycles. The molecule has 3 aromatic rings. The Morgan fingerprint density at radius 1 is 1.17 bits per heavy atom. The molecule has 1 fully saturated rings. The highest BCUT2D eigenvalue weighted by atomic mass is 32.1. The molecule has 4 rings (SSSR count). The summed E-state index contributed by atoms with van der Waals surface area (Å²) in [4.78, 5) is 23.3. The minimum absolute atomic E-state index is 0.00572. The molecule has 1 amide bonds. The van der Waals surface area contributed by atoms with Crippen LogP contribution in [0.4, 0.5) is 5.69 Å². The third-order valence-electron chi connectivity index (χ3n) is 4.34. The summed E-state index contributed by atoms with van der Waals surface area (Å²) in [5, 5.41) is 13.0. The number of hydrogen-bond donors (Lipinski definition) is 2. The summed E-state index contributed by atoms with van der Waals surface area (Å²) in [5.74, 6) is -0.825. The first kappa shape index (κ1) is 14.8. The maximum Gasteiger partial charge on any atom is 0.335 e. The van der Waals surface area contributed by atoms with Crippen LogP contribution in [0.5, 0.6) is 0 Å². The molecule has 1 aromatic heterocycles. The van der Waals surface area contributed by atoms with E-state index in [1.165, 1.54) is 11.5 Å². The lowest BCUT2D eigenvalue weighted by Gasteiger charge is -2.05. The number of carbonyl (C=O) groups is 2. The second-order valence-electron chi connectivity index (χ2n) is 5.94. The van der Waals surface area contributed by atoms with Gasteiger partial charge in [0.15, 0.2) is 0 Å². The molecule has 0 spiro atoms. The van der Waals surface area contributed by atoms with Gasteiger partial charge in [0.25, 0.3) is 0 Å². The van der Waals surface area contributed by atoms with E-state index in [0.717, 1.165) is 27.8 Å². The number of hydrogen-bond acceptors (Lipinski definition) is 4. The van der Waals surface area contributed by atoms with E-state index >= 15 is 0 Å². The minimum Gasteiger partial charge on any atom is -0.478 e. The molecule has 1 saturated carbocycles. The normalized spacial score (nSPS) is 19.2. The number of aromatic carboxylic acids is 1. The highest BCUT2D eigenvalue weighted by molar-refractivity contribution is 7.13. The summed E-state index contributed by atoms with van der Waals surface area (Å²) < 4.78 is 5.17. The van der Waals surface area contributed by atoms with Gasteiger partial charge >= 0.3 is 5.97 Å². The number of benzene rings is 2. The first-order valence-corrected chi connectivity index (χ1v) is 8.38. The van der Waals surface area contributed by atoms with Crippen molar-refractivity contribution in [3.05, 3.63) is 59.8 Å². The smallest absolute Gasteiger partial charge is 0.335 e. The molecule has 120 valence electrons. The Morgan fingerprint density at radius 3 is 2.71 bits per heavy atom. The fraction of sp³-hybridized carbons (Fsp3) is 0.167. The van der Waals surface area contributed by atoms with E-state index in [2.05, 4.69) is 9.69 Å². The molecular formula is C18H14N2O3S. The van der Waals surface area contributed by atoms with Crippen molar-refractivity contribution in [2.24, 2.45) is 5.92 Å². The monoisotopic (exact) mass is 338 g/mol.